The minimum absolute atomic E-state index is 0.141. The van der Waals surface area contributed by atoms with Crippen LogP contribution in [0, 0.1) is 0 Å². The molecule has 5 nitrogen and oxygen atoms in total. The average Bonchev–Trinajstić information content (AvgIpc) is 2.61. The summed E-state index contributed by atoms with van der Waals surface area (Å²) in [6, 6.07) is 16.1. The van der Waals surface area contributed by atoms with Gasteiger partial charge in [-0.05, 0) is 48.7 Å². The Labute approximate surface area is 138 Å². The number of benzene rings is 2. The predicted octanol–water partition coefficient (Wildman–Crippen LogP) is 3.40. The van der Waals surface area contributed by atoms with Gasteiger partial charge < -0.3 is 13.9 Å². The third-order valence-corrected chi connectivity index (χ3v) is 3.47. The number of carbonyl (C=O) groups is 1. The minimum atomic E-state index is -0.415. The highest BCUT2D eigenvalue weighted by atomic mass is 16.6. The van der Waals surface area contributed by atoms with E-state index in [1.54, 1.807) is 43.3 Å². The zero-order chi connectivity index (χ0) is 16.9. The second-order valence-electron chi connectivity index (χ2n) is 5.10. The molecule has 5 heteroatoms. The standard InChI is InChI=1S/C19H16O5/c1-2-22-18(20)12-23-15-9-7-13(8-10-15)17-11-14-5-3-4-6-16(14)19(21)24-17/h3-11H,2,12H2,1H3. The Kier molecular flexibility index (Phi) is 4.61. The molecule has 0 unspecified atom stereocenters. The van der Waals surface area contributed by atoms with Crippen LogP contribution in [0.25, 0.3) is 22.1 Å². The van der Waals surface area contributed by atoms with E-state index in [1.165, 1.54) is 0 Å². The van der Waals surface area contributed by atoms with Crippen molar-refractivity contribution in [1.82, 2.24) is 0 Å². The minimum Gasteiger partial charge on any atom is -0.482 e. The summed E-state index contributed by atoms with van der Waals surface area (Å²) in [5, 5.41) is 1.38. The Balaban J connectivity index is 1.81. The van der Waals surface area contributed by atoms with Gasteiger partial charge in [-0.25, -0.2) is 9.59 Å². The van der Waals surface area contributed by atoms with Crippen LogP contribution in [0.3, 0.4) is 0 Å². The molecule has 3 aromatic rings. The maximum atomic E-state index is 12.0. The molecule has 3 rings (SSSR count). The third kappa shape index (κ3) is 3.46. The lowest BCUT2D eigenvalue weighted by atomic mass is 10.1. The van der Waals surface area contributed by atoms with Gasteiger partial charge in [0.1, 0.15) is 11.5 Å². The van der Waals surface area contributed by atoms with Crippen molar-refractivity contribution in [2.24, 2.45) is 0 Å². The monoisotopic (exact) mass is 324 g/mol. The Morgan fingerprint density at radius 2 is 1.83 bits per heavy atom. The van der Waals surface area contributed by atoms with E-state index in [0.29, 0.717) is 23.5 Å². The molecule has 1 aromatic heterocycles. The molecule has 0 spiro atoms. The van der Waals surface area contributed by atoms with Crippen LogP contribution < -0.4 is 10.4 Å². The lowest BCUT2D eigenvalue weighted by Crippen LogP contribution is -2.14. The summed E-state index contributed by atoms with van der Waals surface area (Å²) >= 11 is 0. The summed E-state index contributed by atoms with van der Waals surface area (Å²) in [7, 11) is 0. The van der Waals surface area contributed by atoms with Crippen molar-refractivity contribution in [2.75, 3.05) is 13.2 Å². The maximum Gasteiger partial charge on any atom is 0.344 e. The van der Waals surface area contributed by atoms with Gasteiger partial charge in [-0.3, -0.25) is 0 Å². The van der Waals surface area contributed by atoms with E-state index >= 15 is 0 Å². The van der Waals surface area contributed by atoms with Crippen molar-refractivity contribution in [3.63, 3.8) is 0 Å². The van der Waals surface area contributed by atoms with Crippen molar-refractivity contribution >= 4 is 16.7 Å². The van der Waals surface area contributed by atoms with Gasteiger partial charge in [-0.2, -0.15) is 0 Å². The zero-order valence-electron chi connectivity index (χ0n) is 13.2. The fourth-order valence-corrected chi connectivity index (χ4v) is 2.34. The molecule has 0 N–H and O–H groups in total. The first-order valence-corrected chi connectivity index (χ1v) is 7.59. The Morgan fingerprint density at radius 3 is 2.58 bits per heavy atom. The predicted molar refractivity (Wildman–Crippen MR) is 90.0 cm³/mol. The first-order chi connectivity index (χ1) is 11.7. The highest BCUT2D eigenvalue weighted by molar-refractivity contribution is 5.84. The quantitative estimate of drug-likeness (QED) is 0.673. The van der Waals surface area contributed by atoms with Crippen LogP contribution in [0.4, 0.5) is 0 Å². The number of hydrogen-bond acceptors (Lipinski definition) is 5. The van der Waals surface area contributed by atoms with E-state index < -0.39 is 5.97 Å². The van der Waals surface area contributed by atoms with Crippen LogP contribution in [0.15, 0.2) is 63.8 Å². The smallest absolute Gasteiger partial charge is 0.344 e. The summed E-state index contributed by atoms with van der Waals surface area (Å²) in [5.41, 5.74) is 0.382. The molecule has 1 heterocycles. The topological polar surface area (TPSA) is 65.7 Å². The van der Waals surface area contributed by atoms with E-state index in [2.05, 4.69) is 0 Å². The highest BCUT2D eigenvalue weighted by Crippen LogP contribution is 2.24. The molecule has 24 heavy (non-hydrogen) atoms. The van der Waals surface area contributed by atoms with Gasteiger partial charge in [0.25, 0.3) is 0 Å². The fourth-order valence-electron chi connectivity index (χ4n) is 2.34. The number of hydrogen-bond donors (Lipinski definition) is 0. The van der Waals surface area contributed by atoms with Gasteiger partial charge in [0, 0.05) is 5.56 Å². The lowest BCUT2D eigenvalue weighted by Gasteiger charge is -2.07. The maximum absolute atomic E-state index is 12.0. The summed E-state index contributed by atoms with van der Waals surface area (Å²) < 4.78 is 15.5. The molecule has 0 radical (unpaired) electrons. The number of ether oxygens (including phenoxy) is 2. The molecule has 0 aliphatic rings. The first-order valence-electron chi connectivity index (χ1n) is 7.59. The summed E-state index contributed by atoms with van der Waals surface area (Å²) in [6.07, 6.45) is 0. The van der Waals surface area contributed by atoms with Crippen LogP contribution in [-0.2, 0) is 9.53 Å². The molecular weight excluding hydrogens is 308 g/mol. The molecule has 0 saturated carbocycles. The van der Waals surface area contributed by atoms with E-state index in [1.807, 2.05) is 18.2 Å². The molecule has 0 saturated heterocycles. The van der Waals surface area contributed by atoms with Gasteiger partial charge >= 0.3 is 11.6 Å². The van der Waals surface area contributed by atoms with Crippen LogP contribution in [0.2, 0.25) is 0 Å². The van der Waals surface area contributed by atoms with Crippen molar-refractivity contribution in [2.45, 2.75) is 6.92 Å². The SMILES string of the molecule is CCOC(=O)COc1ccc(-c2cc3ccccc3c(=O)o2)cc1. The van der Waals surface area contributed by atoms with E-state index in [0.717, 1.165) is 10.9 Å². The van der Waals surface area contributed by atoms with Gasteiger partial charge in [-0.15, -0.1) is 0 Å². The molecule has 0 atom stereocenters. The van der Waals surface area contributed by atoms with Crippen LogP contribution in [0.1, 0.15) is 6.92 Å². The Hall–Kier alpha value is -3.08. The highest BCUT2D eigenvalue weighted by Gasteiger charge is 2.07. The Morgan fingerprint density at radius 1 is 1.08 bits per heavy atom. The molecule has 122 valence electrons. The summed E-state index contributed by atoms with van der Waals surface area (Å²) in [5.74, 6) is 0.604. The van der Waals surface area contributed by atoms with Crippen molar-refractivity contribution in [1.29, 1.82) is 0 Å². The van der Waals surface area contributed by atoms with Crippen LogP contribution in [0.5, 0.6) is 5.75 Å². The first kappa shape index (κ1) is 15.8. The number of esters is 1. The van der Waals surface area contributed by atoms with Gasteiger partial charge in [0.05, 0.1) is 12.0 Å². The lowest BCUT2D eigenvalue weighted by molar-refractivity contribution is -0.145. The van der Waals surface area contributed by atoms with E-state index in [9.17, 15) is 9.59 Å². The van der Waals surface area contributed by atoms with Gasteiger partial charge in [-0.1, -0.05) is 18.2 Å². The normalized spacial score (nSPS) is 10.5. The second-order valence-corrected chi connectivity index (χ2v) is 5.10. The van der Waals surface area contributed by atoms with E-state index in [4.69, 9.17) is 13.9 Å². The molecule has 2 aromatic carbocycles. The third-order valence-electron chi connectivity index (χ3n) is 3.47. The molecule has 0 amide bonds. The van der Waals surface area contributed by atoms with Crippen LogP contribution >= 0.6 is 0 Å². The van der Waals surface area contributed by atoms with Gasteiger partial charge in [0.15, 0.2) is 6.61 Å². The summed E-state index contributed by atoms with van der Waals surface area (Å²) in [4.78, 5) is 23.3. The number of rotatable bonds is 5. The Bertz CT molecular complexity index is 909. The molecular formula is C19H16O5. The molecule has 0 aliphatic carbocycles. The molecule has 0 aliphatic heterocycles. The number of carbonyl (C=O) groups excluding carboxylic acids is 1. The van der Waals surface area contributed by atoms with Crippen molar-refractivity contribution < 1.29 is 18.7 Å². The second kappa shape index (κ2) is 7.00. The zero-order valence-corrected chi connectivity index (χ0v) is 13.2. The van der Waals surface area contributed by atoms with Crippen LogP contribution in [-0.4, -0.2) is 19.2 Å². The average molecular weight is 324 g/mol. The molecule has 0 fully saturated rings. The number of fused-ring (bicyclic) bond motifs is 1. The van der Waals surface area contributed by atoms with Crippen molar-refractivity contribution in [3.05, 3.63) is 65.0 Å². The fraction of sp³-hybridized carbons (Fsp3) is 0.158. The van der Waals surface area contributed by atoms with E-state index in [-0.39, 0.29) is 12.2 Å². The molecule has 0 bridgehead atoms. The van der Waals surface area contributed by atoms with Gasteiger partial charge in [0.2, 0.25) is 0 Å². The van der Waals surface area contributed by atoms with Crippen molar-refractivity contribution in [3.8, 4) is 17.1 Å². The summed E-state index contributed by atoms with van der Waals surface area (Å²) in [6.45, 7) is 1.92. The largest absolute Gasteiger partial charge is 0.482 e.